The first-order valence-corrected chi connectivity index (χ1v) is 11.3. The standard InChI is InChI=1S/C27H23N3O3S/c1-16-6-9-19(10-7-16)30-25(24(29-27(30)34)21-5-3-4-14-28-21)23-13-12-22(33-23)20-11-8-18(26(31)32)15-17(20)2/h3-15,24-25H,1-2H3,(H,29,34)(H,31,32)/t24-,25-/m0/s1. The molecular formula is C27H23N3O3S. The number of aromatic carboxylic acids is 1. The highest BCUT2D eigenvalue weighted by molar-refractivity contribution is 7.80. The van der Waals surface area contributed by atoms with E-state index in [1.165, 1.54) is 5.56 Å². The number of pyridine rings is 1. The molecule has 0 unspecified atom stereocenters. The number of aryl methyl sites for hydroxylation is 2. The van der Waals surface area contributed by atoms with Gasteiger partial charge in [-0.05, 0) is 80.2 Å². The number of anilines is 1. The van der Waals surface area contributed by atoms with Crippen LogP contribution in [-0.2, 0) is 0 Å². The van der Waals surface area contributed by atoms with Crippen LogP contribution in [0.3, 0.4) is 0 Å². The van der Waals surface area contributed by atoms with Crippen molar-refractivity contribution in [1.29, 1.82) is 0 Å². The second-order valence-corrected chi connectivity index (χ2v) is 8.76. The van der Waals surface area contributed by atoms with Crippen molar-refractivity contribution in [3.05, 3.63) is 107 Å². The number of hydrogen-bond donors (Lipinski definition) is 2. The predicted octanol–water partition coefficient (Wildman–Crippen LogP) is 5.83. The molecule has 3 heterocycles. The summed E-state index contributed by atoms with van der Waals surface area (Å²) in [5.74, 6) is 0.457. The third kappa shape index (κ3) is 3.95. The molecule has 4 aromatic rings. The van der Waals surface area contributed by atoms with Gasteiger partial charge >= 0.3 is 5.97 Å². The first-order valence-electron chi connectivity index (χ1n) is 10.9. The zero-order chi connectivity index (χ0) is 23.8. The highest BCUT2D eigenvalue weighted by atomic mass is 32.1. The van der Waals surface area contributed by atoms with Crippen LogP contribution in [0, 0.1) is 13.8 Å². The van der Waals surface area contributed by atoms with Gasteiger partial charge in [-0.3, -0.25) is 4.98 Å². The van der Waals surface area contributed by atoms with Crippen molar-refractivity contribution >= 4 is 29.0 Å². The van der Waals surface area contributed by atoms with Crippen LogP contribution in [0.1, 0.15) is 45.0 Å². The summed E-state index contributed by atoms with van der Waals surface area (Å²) in [4.78, 5) is 18.0. The molecule has 170 valence electrons. The fraction of sp³-hybridized carbons (Fsp3) is 0.148. The molecule has 0 radical (unpaired) electrons. The maximum atomic E-state index is 11.3. The van der Waals surface area contributed by atoms with Crippen molar-refractivity contribution in [2.45, 2.75) is 25.9 Å². The molecule has 0 amide bonds. The van der Waals surface area contributed by atoms with Gasteiger partial charge in [0.1, 0.15) is 17.6 Å². The smallest absolute Gasteiger partial charge is 0.335 e. The zero-order valence-electron chi connectivity index (χ0n) is 18.7. The minimum Gasteiger partial charge on any atom is -0.478 e. The van der Waals surface area contributed by atoms with E-state index >= 15 is 0 Å². The number of benzene rings is 2. The van der Waals surface area contributed by atoms with Crippen LogP contribution in [0.4, 0.5) is 5.69 Å². The Bertz CT molecular complexity index is 1370. The summed E-state index contributed by atoms with van der Waals surface area (Å²) in [6, 6.07) is 22.5. The van der Waals surface area contributed by atoms with Crippen LogP contribution in [0.15, 0.2) is 83.4 Å². The van der Waals surface area contributed by atoms with Gasteiger partial charge in [-0.1, -0.05) is 29.8 Å². The number of nitrogens with zero attached hydrogens (tertiary/aromatic N) is 2. The Kier molecular flexibility index (Phi) is 5.63. The molecule has 2 N–H and O–H groups in total. The molecule has 2 aromatic heterocycles. The Hall–Kier alpha value is -3.97. The lowest BCUT2D eigenvalue weighted by atomic mass is 10.0. The number of carbonyl (C=O) groups is 1. The minimum atomic E-state index is -0.952. The monoisotopic (exact) mass is 469 g/mol. The van der Waals surface area contributed by atoms with Crippen molar-refractivity contribution in [3.63, 3.8) is 0 Å². The molecule has 7 heteroatoms. The molecule has 1 aliphatic heterocycles. The van der Waals surface area contributed by atoms with E-state index in [1.54, 1.807) is 24.4 Å². The van der Waals surface area contributed by atoms with Gasteiger partial charge in [-0.25, -0.2) is 4.79 Å². The minimum absolute atomic E-state index is 0.204. The van der Waals surface area contributed by atoms with Gasteiger partial charge in [-0.2, -0.15) is 0 Å². The Labute approximate surface area is 202 Å². The lowest BCUT2D eigenvalue weighted by Gasteiger charge is -2.26. The van der Waals surface area contributed by atoms with Crippen LogP contribution in [0.25, 0.3) is 11.3 Å². The van der Waals surface area contributed by atoms with Gasteiger partial charge < -0.3 is 19.7 Å². The van der Waals surface area contributed by atoms with Gasteiger partial charge in [0, 0.05) is 17.4 Å². The molecule has 0 bridgehead atoms. The molecule has 34 heavy (non-hydrogen) atoms. The number of thiocarbonyl (C=S) groups is 1. The van der Waals surface area contributed by atoms with E-state index in [0.717, 1.165) is 28.3 Å². The molecule has 0 saturated carbocycles. The highest BCUT2D eigenvalue weighted by Crippen LogP contribution is 2.43. The quantitative estimate of drug-likeness (QED) is 0.356. The van der Waals surface area contributed by atoms with Gasteiger partial charge in [0.15, 0.2) is 5.11 Å². The van der Waals surface area contributed by atoms with Gasteiger partial charge in [-0.15, -0.1) is 0 Å². The Balaban J connectivity index is 1.58. The average molecular weight is 470 g/mol. The number of aromatic nitrogens is 1. The summed E-state index contributed by atoms with van der Waals surface area (Å²) in [5, 5.41) is 13.3. The Morgan fingerprint density at radius 3 is 2.53 bits per heavy atom. The second-order valence-electron chi connectivity index (χ2n) is 8.37. The third-order valence-corrected chi connectivity index (χ3v) is 6.38. The van der Waals surface area contributed by atoms with Crippen LogP contribution < -0.4 is 10.2 Å². The van der Waals surface area contributed by atoms with Crippen LogP contribution >= 0.6 is 12.2 Å². The maximum Gasteiger partial charge on any atom is 0.335 e. The van der Waals surface area contributed by atoms with E-state index in [-0.39, 0.29) is 17.6 Å². The number of rotatable bonds is 5. The van der Waals surface area contributed by atoms with Crippen LogP contribution in [0.5, 0.6) is 0 Å². The van der Waals surface area contributed by atoms with Crippen molar-refractivity contribution in [2.75, 3.05) is 4.90 Å². The molecule has 2 aromatic carbocycles. The molecule has 6 nitrogen and oxygen atoms in total. The fourth-order valence-corrected chi connectivity index (χ4v) is 4.70. The number of hydrogen-bond acceptors (Lipinski definition) is 4. The molecule has 0 aliphatic carbocycles. The zero-order valence-corrected chi connectivity index (χ0v) is 19.5. The molecule has 2 atom stereocenters. The molecule has 5 rings (SSSR count). The van der Waals surface area contributed by atoms with Gasteiger partial charge in [0.05, 0.1) is 17.3 Å². The summed E-state index contributed by atoms with van der Waals surface area (Å²) in [7, 11) is 0. The molecule has 1 aliphatic rings. The highest BCUT2D eigenvalue weighted by Gasteiger charge is 2.42. The summed E-state index contributed by atoms with van der Waals surface area (Å²) < 4.78 is 6.39. The lowest BCUT2D eigenvalue weighted by Crippen LogP contribution is -2.29. The fourth-order valence-electron chi connectivity index (χ4n) is 4.36. The van der Waals surface area contributed by atoms with Crippen molar-refractivity contribution in [2.24, 2.45) is 0 Å². The number of carboxylic acid groups (broad SMARTS) is 1. The molecule has 1 fully saturated rings. The van der Waals surface area contributed by atoms with E-state index in [1.807, 2.05) is 37.3 Å². The summed E-state index contributed by atoms with van der Waals surface area (Å²) >= 11 is 5.76. The van der Waals surface area contributed by atoms with Crippen LogP contribution in [-0.4, -0.2) is 21.2 Å². The van der Waals surface area contributed by atoms with Crippen molar-refractivity contribution < 1.29 is 14.3 Å². The average Bonchev–Trinajstić information content (AvgIpc) is 3.44. The summed E-state index contributed by atoms with van der Waals surface area (Å²) in [5.41, 5.74) is 4.92. The lowest BCUT2D eigenvalue weighted by molar-refractivity contribution is 0.0697. The van der Waals surface area contributed by atoms with E-state index in [4.69, 9.17) is 16.6 Å². The predicted molar refractivity (Wildman–Crippen MR) is 135 cm³/mol. The topological polar surface area (TPSA) is 78.6 Å². The molecule has 1 saturated heterocycles. The largest absolute Gasteiger partial charge is 0.478 e. The van der Waals surface area contributed by atoms with Crippen molar-refractivity contribution in [1.82, 2.24) is 10.3 Å². The normalized spacial score (nSPS) is 17.6. The maximum absolute atomic E-state index is 11.3. The van der Waals surface area contributed by atoms with E-state index in [9.17, 15) is 9.90 Å². The number of furan rings is 1. The van der Waals surface area contributed by atoms with Gasteiger partial charge in [0.25, 0.3) is 0 Å². The van der Waals surface area contributed by atoms with E-state index in [2.05, 4.69) is 46.4 Å². The Morgan fingerprint density at radius 1 is 1.06 bits per heavy atom. The van der Waals surface area contributed by atoms with Crippen LogP contribution in [0.2, 0.25) is 0 Å². The van der Waals surface area contributed by atoms with E-state index in [0.29, 0.717) is 10.9 Å². The Morgan fingerprint density at radius 2 is 1.85 bits per heavy atom. The second kappa shape index (κ2) is 8.76. The number of nitrogens with one attached hydrogen (secondary N) is 1. The number of carboxylic acids is 1. The molecular weight excluding hydrogens is 446 g/mol. The first-order chi connectivity index (χ1) is 16.4. The summed E-state index contributed by atoms with van der Waals surface area (Å²) in [6.45, 7) is 3.93. The summed E-state index contributed by atoms with van der Waals surface area (Å²) in [6.07, 6.45) is 1.77. The van der Waals surface area contributed by atoms with Crippen molar-refractivity contribution in [3.8, 4) is 11.3 Å². The van der Waals surface area contributed by atoms with E-state index < -0.39 is 5.97 Å². The molecule has 0 spiro atoms. The van der Waals surface area contributed by atoms with Gasteiger partial charge in [0.2, 0.25) is 0 Å². The SMILES string of the molecule is Cc1ccc(N2C(=S)N[C@@H](c3ccccn3)[C@@H]2c2ccc(-c3ccc(C(=O)O)cc3C)o2)cc1. The third-order valence-electron chi connectivity index (χ3n) is 6.07. The first kappa shape index (κ1) is 21.9.